The lowest BCUT2D eigenvalue weighted by Gasteiger charge is -2.29. The van der Waals surface area contributed by atoms with Gasteiger partial charge in [-0.2, -0.15) is 0 Å². The molecule has 2 aliphatic heterocycles. The van der Waals surface area contributed by atoms with Crippen LogP contribution in [0.1, 0.15) is 51.5 Å². The molecule has 1 N–H and O–H groups in total. The predicted octanol–water partition coefficient (Wildman–Crippen LogP) is 2.49. The van der Waals surface area contributed by atoms with Gasteiger partial charge in [0.15, 0.2) is 0 Å². The van der Waals surface area contributed by atoms with Crippen molar-refractivity contribution in [2.75, 3.05) is 85.6 Å². The first-order valence-electron chi connectivity index (χ1n) is 15.5. The summed E-state index contributed by atoms with van der Waals surface area (Å²) in [6, 6.07) is 10.0. The normalized spacial score (nSPS) is 17.6. The van der Waals surface area contributed by atoms with Crippen LogP contribution in [0.2, 0.25) is 0 Å². The molecule has 2 fully saturated rings. The molecule has 2 heterocycles. The fraction of sp³-hybridized carbons (Fsp3) is 0.710. The van der Waals surface area contributed by atoms with Gasteiger partial charge in [-0.15, -0.1) is 0 Å². The molecule has 10 nitrogen and oxygen atoms in total. The summed E-state index contributed by atoms with van der Waals surface area (Å²) in [5.41, 5.74) is 0.892. The van der Waals surface area contributed by atoms with Crippen molar-refractivity contribution in [3.05, 3.63) is 35.9 Å². The average molecular weight is 573 g/mol. The van der Waals surface area contributed by atoms with Crippen LogP contribution in [-0.4, -0.2) is 134 Å². The molecule has 2 aliphatic rings. The Hall–Kier alpha value is -2.69. The lowest BCUT2D eigenvalue weighted by Crippen LogP contribution is -2.50. The van der Waals surface area contributed by atoms with Gasteiger partial charge >= 0.3 is 6.09 Å². The van der Waals surface area contributed by atoms with Crippen LogP contribution in [0.3, 0.4) is 0 Å². The molecule has 1 aromatic carbocycles. The van der Waals surface area contributed by atoms with Gasteiger partial charge in [-0.1, -0.05) is 44.2 Å². The Morgan fingerprint density at radius 3 is 2.32 bits per heavy atom. The van der Waals surface area contributed by atoms with Gasteiger partial charge in [0.1, 0.15) is 13.2 Å². The summed E-state index contributed by atoms with van der Waals surface area (Å²) in [4.78, 5) is 49.7. The van der Waals surface area contributed by atoms with E-state index in [-0.39, 0.29) is 31.5 Å². The number of likely N-dealkylation sites (tertiary alicyclic amines) is 2. The summed E-state index contributed by atoms with van der Waals surface area (Å²) in [6.07, 6.45) is 5.09. The molecule has 0 bridgehead atoms. The van der Waals surface area contributed by atoms with Gasteiger partial charge in [-0.3, -0.25) is 14.5 Å². The van der Waals surface area contributed by atoms with Crippen LogP contribution < -0.4 is 5.32 Å². The van der Waals surface area contributed by atoms with Crippen molar-refractivity contribution in [3.63, 3.8) is 0 Å². The maximum atomic E-state index is 13.6. The van der Waals surface area contributed by atoms with Gasteiger partial charge in [0.2, 0.25) is 11.8 Å². The van der Waals surface area contributed by atoms with Gasteiger partial charge < -0.3 is 29.7 Å². The van der Waals surface area contributed by atoms with Crippen LogP contribution in [0.15, 0.2) is 30.3 Å². The molecule has 230 valence electrons. The number of nitrogens with zero attached hydrogens (tertiary/aromatic N) is 5. The van der Waals surface area contributed by atoms with E-state index in [2.05, 4.69) is 40.9 Å². The molecular weight excluding hydrogens is 520 g/mol. The average Bonchev–Trinajstić information content (AvgIpc) is 3.66. The smallest absolute Gasteiger partial charge is 0.410 e. The molecule has 1 atom stereocenters. The molecule has 3 rings (SSSR count). The molecule has 1 aromatic rings. The van der Waals surface area contributed by atoms with Crippen molar-refractivity contribution in [3.8, 4) is 0 Å². The zero-order valence-corrected chi connectivity index (χ0v) is 25.6. The van der Waals surface area contributed by atoms with Crippen LogP contribution >= 0.6 is 0 Å². The second kappa shape index (κ2) is 18.0. The van der Waals surface area contributed by atoms with Crippen LogP contribution in [0, 0.1) is 0 Å². The van der Waals surface area contributed by atoms with Crippen molar-refractivity contribution in [1.29, 1.82) is 0 Å². The first-order valence-corrected chi connectivity index (χ1v) is 15.5. The van der Waals surface area contributed by atoms with E-state index in [4.69, 9.17) is 4.74 Å². The summed E-state index contributed by atoms with van der Waals surface area (Å²) >= 11 is 0. The molecule has 0 aromatic heterocycles. The highest BCUT2D eigenvalue weighted by molar-refractivity contribution is 5.87. The van der Waals surface area contributed by atoms with E-state index in [0.717, 1.165) is 70.5 Å². The molecular formula is C31H52N6O4. The number of likely N-dealkylation sites (N-methyl/N-ethyl adjacent to an activating group) is 1. The number of benzene rings is 1. The first kappa shape index (κ1) is 32.8. The summed E-state index contributed by atoms with van der Waals surface area (Å²) in [5.74, 6) is -0.382. The predicted molar refractivity (Wildman–Crippen MR) is 162 cm³/mol. The van der Waals surface area contributed by atoms with E-state index in [9.17, 15) is 14.4 Å². The summed E-state index contributed by atoms with van der Waals surface area (Å²) < 4.78 is 5.61. The Labute approximate surface area is 246 Å². The van der Waals surface area contributed by atoms with E-state index in [0.29, 0.717) is 32.2 Å². The summed E-state index contributed by atoms with van der Waals surface area (Å²) in [5, 5.41) is 3.03. The summed E-state index contributed by atoms with van der Waals surface area (Å²) in [6.45, 7) is 11.9. The molecule has 10 heteroatoms. The fourth-order valence-electron chi connectivity index (χ4n) is 5.62. The number of hydrogen-bond acceptors (Lipinski definition) is 7. The topological polar surface area (TPSA) is 88.7 Å². The number of carbonyl (C=O) groups excluding carboxylic acids is 3. The van der Waals surface area contributed by atoms with Gasteiger partial charge in [-0.25, -0.2) is 4.79 Å². The Morgan fingerprint density at radius 1 is 0.927 bits per heavy atom. The Morgan fingerprint density at radius 2 is 1.66 bits per heavy atom. The maximum absolute atomic E-state index is 13.6. The fourth-order valence-corrected chi connectivity index (χ4v) is 5.62. The first-order chi connectivity index (χ1) is 19.9. The maximum Gasteiger partial charge on any atom is 0.410 e. The van der Waals surface area contributed by atoms with E-state index in [1.807, 2.05) is 30.3 Å². The van der Waals surface area contributed by atoms with E-state index < -0.39 is 6.09 Å². The number of hydrogen-bond donors (Lipinski definition) is 1. The van der Waals surface area contributed by atoms with Crippen LogP contribution in [0.25, 0.3) is 0 Å². The molecule has 3 amide bonds. The van der Waals surface area contributed by atoms with Crippen molar-refractivity contribution in [2.45, 2.75) is 58.6 Å². The molecule has 0 spiro atoms. The molecule has 0 aliphatic carbocycles. The van der Waals surface area contributed by atoms with Gasteiger partial charge in [-0.05, 0) is 77.4 Å². The highest BCUT2D eigenvalue weighted by Crippen LogP contribution is 2.17. The summed E-state index contributed by atoms with van der Waals surface area (Å²) in [7, 11) is 2.13. The van der Waals surface area contributed by atoms with E-state index in [1.54, 1.807) is 4.90 Å². The number of amides is 3. The minimum atomic E-state index is -0.515. The highest BCUT2D eigenvalue weighted by Gasteiger charge is 2.26. The molecule has 0 saturated carbocycles. The Balaban J connectivity index is 1.61. The van der Waals surface area contributed by atoms with E-state index >= 15 is 0 Å². The number of nitrogens with one attached hydrogen (secondary N) is 1. The van der Waals surface area contributed by atoms with Crippen molar-refractivity contribution in [1.82, 2.24) is 29.8 Å². The number of carbonyl (C=O) groups is 3. The molecule has 0 radical (unpaired) electrons. The van der Waals surface area contributed by atoms with Crippen LogP contribution in [0.4, 0.5) is 4.79 Å². The van der Waals surface area contributed by atoms with Gasteiger partial charge in [0, 0.05) is 38.8 Å². The molecule has 41 heavy (non-hydrogen) atoms. The zero-order valence-electron chi connectivity index (χ0n) is 25.6. The third-order valence-electron chi connectivity index (χ3n) is 8.41. The van der Waals surface area contributed by atoms with Crippen LogP contribution in [0.5, 0.6) is 0 Å². The minimum absolute atomic E-state index is 0.00384. The molecule has 2 saturated heterocycles. The lowest BCUT2D eigenvalue weighted by molar-refractivity contribution is -0.137. The third kappa shape index (κ3) is 11.6. The Bertz CT molecular complexity index is 922. The lowest BCUT2D eigenvalue weighted by atomic mass is 10.1. The van der Waals surface area contributed by atoms with Crippen LogP contribution in [-0.2, 0) is 20.9 Å². The third-order valence-corrected chi connectivity index (χ3v) is 8.41. The molecule has 1 unspecified atom stereocenters. The van der Waals surface area contributed by atoms with Crippen molar-refractivity contribution in [2.24, 2.45) is 0 Å². The monoisotopic (exact) mass is 572 g/mol. The largest absolute Gasteiger partial charge is 0.445 e. The Kier molecular flexibility index (Phi) is 14.4. The van der Waals surface area contributed by atoms with Gasteiger partial charge in [0.05, 0.1) is 6.54 Å². The number of rotatable bonds is 17. The second-order valence-electron chi connectivity index (χ2n) is 11.3. The standard InChI is InChI=1S/C31H52N6O4/c1-4-34(5-2)20-23-37(31(40)41-26-27-12-7-6-8-13-27)25-30(39)36(22-21-35-18-9-10-19-35)24-29(38)32-16-15-28-14-11-17-33(28)3/h6-8,12-13,28H,4-5,9-11,14-26H2,1-3H3,(H,32,38). The quantitative estimate of drug-likeness (QED) is 0.307. The van der Waals surface area contributed by atoms with Crippen molar-refractivity contribution < 1.29 is 19.1 Å². The highest BCUT2D eigenvalue weighted by atomic mass is 16.6. The van der Waals surface area contributed by atoms with E-state index in [1.165, 1.54) is 11.3 Å². The zero-order chi connectivity index (χ0) is 29.5. The number of ether oxygens (including phenoxy) is 1. The SMILES string of the molecule is CCN(CC)CCN(CC(=O)N(CCN1CCCC1)CC(=O)NCCC1CCCN1C)C(=O)OCc1ccccc1. The van der Waals surface area contributed by atoms with Crippen molar-refractivity contribution >= 4 is 17.9 Å². The van der Waals surface area contributed by atoms with Gasteiger partial charge in [0.25, 0.3) is 0 Å². The second-order valence-corrected chi connectivity index (χ2v) is 11.3. The minimum Gasteiger partial charge on any atom is -0.445 e.